The van der Waals surface area contributed by atoms with E-state index in [1.54, 1.807) is 0 Å². The first-order valence-corrected chi connectivity index (χ1v) is 27.3. The van der Waals surface area contributed by atoms with Gasteiger partial charge in [0.05, 0.1) is 22.4 Å². The maximum atomic E-state index is 5.68. The fraction of sp³-hybridized carbons (Fsp3) is 0. The van der Waals surface area contributed by atoms with Gasteiger partial charge in [0, 0.05) is 28.3 Å². The minimum Gasteiger partial charge on any atom is -0.308 e. The van der Waals surface area contributed by atoms with Gasteiger partial charge in [0.25, 0.3) is 0 Å². The number of aromatic nitrogens is 2. The molecule has 0 atom stereocenters. The zero-order valence-electron chi connectivity index (χ0n) is 37.2. The van der Waals surface area contributed by atoms with Gasteiger partial charge in [-0.05, 0) is 84.0 Å². The fourth-order valence-corrected chi connectivity index (χ4v) is 21.7. The van der Waals surface area contributed by atoms with Crippen LogP contribution >= 0.6 is 0 Å². The largest absolute Gasteiger partial charge is 0.308 e. The summed E-state index contributed by atoms with van der Waals surface area (Å²) in [6.07, 6.45) is 0. The molecule has 0 bridgehead atoms. The standard InChI is InChI=1S/C62H44N4Si2/c1-6-24-45(25-7-1)62-56(65-52-34-16-20-38-57(52)67(46-26-8-2-9-27-46,47-28-10-3-11-29-47)58-39-21-17-35-53(58)65)44-51-50(64-62)42-43-61(63-51)66-54-36-18-22-40-59(54)68(48-30-12-4-13-31-48,49-32-14-5-15-33-49)60-41-23-19-37-55(60)66/h1-44H. The van der Waals surface area contributed by atoms with Crippen molar-refractivity contribution in [1.82, 2.24) is 9.97 Å². The zero-order valence-corrected chi connectivity index (χ0v) is 39.2. The first kappa shape index (κ1) is 39.9. The van der Waals surface area contributed by atoms with Crippen molar-refractivity contribution in [2.24, 2.45) is 0 Å². The van der Waals surface area contributed by atoms with E-state index in [9.17, 15) is 0 Å². The van der Waals surface area contributed by atoms with Gasteiger partial charge < -0.3 is 4.90 Å². The van der Waals surface area contributed by atoms with Crippen molar-refractivity contribution in [3.8, 4) is 11.3 Å². The summed E-state index contributed by atoms with van der Waals surface area (Å²) >= 11 is 0. The molecule has 4 nitrogen and oxygen atoms in total. The number of benzene rings is 9. The zero-order chi connectivity index (χ0) is 45.1. The van der Waals surface area contributed by atoms with Gasteiger partial charge in [0.15, 0.2) is 16.1 Å². The van der Waals surface area contributed by atoms with Crippen LogP contribution in [0.25, 0.3) is 22.3 Å². The second-order valence-corrected chi connectivity index (χ2v) is 25.1. The van der Waals surface area contributed by atoms with E-state index >= 15 is 0 Å². The van der Waals surface area contributed by atoms with E-state index in [1.807, 2.05) is 0 Å². The molecule has 9 aromatic carbocycles. The van der Waals surface area contributed by atoms with E-state index in [-0.39, 0.29) is 0 Å². The number of fused-ring (bicyclic) bond motifs is 5. The number of hydrogen-bond acceptors (Lipinski definition) is 4. The Labute approximate surface area is 398 Å². The minimum absolute atomic E-state index is 0.822. The number of anilines is 6. The Morgan fingerprint density at radius 3 is 1.00 bits per heavy atom. The van der Waals surface area contributed by atoms with Crippen molar-refractivity contribution in [3.05, 3.63) is 267 Å². The van der Waals surface area contributed by atoms with Crippen molar-refractivity contribution in [3.63, 3.8) is 0 Å². The number of para-hydroxylation sites is 4. The average Bonchev–Trinajstić information content (AvgIpc) is 3.42. The number of pyridine rings is 2. The fourth-order valence-electron chi connectivity index (χ4n) is 11.5. The van der Waals surface area contributed by atoms with Crippen LogP contribution in [-0.2, 0) is 0 Å². The van der Waals surface area contributed by atoms with E-state index in [0.717, 1.165) is 56.5 Å². The summed E-state index contributed by atoms with van der Waals surface area (Å²) in [6.45, 7) is 0. The molecule has 0 amide bonds. The normalized spacial score (nSPS) is 14.1. The van der Waals surface area contributed by atoms with Crippen molar-refractivity contribution in [2.45, 2.75) is 0 Å². The summed E-state index contributed by atoms with van der Waals surface area (Å²) < 4.78 is 0. The summed E-state index contributed by atoms with van der Waals surface area (Å²) in [5.74, 6) is 0.848. The molecule has 320 valence electrons. The lowest BCUT2D eigenvalue weighted by atomic mass is 10.1. The smallest absolute Gasteiger partial charge is 0.184 e. The lowest BCUT2D eigenvalue weighted by Crippen LogP contribution is -2.77. The lowest BCUT2D eigenvalue weighted by molar-refractivity contribution is 1.20. The molecule has 0 aliphatic carbocycles. The van der Waals surface area contributed by atoms with Gasteiger partial charge in [-0.2, -0.15) is 0 Å². The third-order valence-corrected chi connectivity index (χ3v) is 23.9. The Kier molecular flexibility index (Phi) is 9.49. The quantitative estimate of drug-likeness (QED) is 0.149. The highest BCUT2D eigenvalue weighted by Crippen LogP contribution is 2.44. The van der Waals surface area contributed by atoms with E-state index in [1.165, 1.54) is 41.5 Å². The van der Waals surface area contributed by atoms with Gasteiger partial charge in [-0.25, -0.2) is 9.97 Å². The second-order valence-electron chi connectivity index (χ2n) is 17.6. The van der Waals surface area contributed by atoms with Crippen LogP contribution in [0.15, 0.2) is 267 Å². The van der Waals surface area contributed by atoms with E-state index in [2.05, 4.69) is 277 Å². The van der Waals surface area contributed by atoms with Crippen LogP contribution in [0.4, 0.5) is 34.3 Å². The molecule has 6 heteroatoms. The van der Waals surface area contributed by atoms with Crippen LogP contribution in [0.2, 0.25) is 0 Å². The van der Waals surface area contributed by atoms with Crippen LogP contribution < -0.4 is 51.3 Å². The van der Waals surface area contributed by atoms with Gasteiger partial charge >= 0.3 is 0 Å². The molecule has 0 fully saturated rings. The molecule has 11 aromatic rings. The first-order valence-electron chi connectivity index (χ1n) is 23.3. The maximum Gasteiger partial charge on any atom is 0.184 e. The minimum atomic E-state index is -2.84. The number of nitrogens with zero attached hydrogens (tertiary/aromatic N) is 4. The maximum absolute atomic E-state index is 5.68. The highest BCUT2D eigenvalue weighted by Gasteiger charge is 2.50. The van der Waals surface area contributed by atoms with Crippen molar-refractivity contribution in [2.75, 3.05) is 9.80 Å². The molecule has 0 spiro atoms. The van der Waals surface area contributed by atoms with E-state index < -0.39 is 16.1 Å². The Morgan fingerprint density at radius 2 is 0.603 bits per heavy atom. The van der Waals surface area contributed by atoms with Crippen LogP contribution in [0, 0.1) is 0 Å². The van der Waals surface area contributed by atoms with Crippen molar-refractivity contribution < 1.29 is 0 Å². The summed E-state index contributed by atoms with van der Waals surface area (Å²) in [6, 6.07) is 98.1. The monoisotopic (exact) mass is 900 g/mol. The average molecular weight is 901 g/mol. The molecule has 4 heterocycles. The van der Waals surface area contributed by atoms with Crippen molar-refractivity contribution in [1.29, 1.82) is 0 Å². The SMILES string of the molecule is c1ccc(-c2nc3ccc(N4c5ccccc5[Si](c5ccccc5)(c5ccccc5)c5ccccc54)nc3cc2N2c3ccccc3[Si](c3ccccc3)(c3ccccc3)c3ccccc32)cc1. The highest BCUT2D eigenvalue weighted by atomic mass is 28.3. The third kappa shape index (κ3) is 5.91. The summed E-state index contributed by atoms with van der Waals surface area (Å²) in [5.41, 5.74) is 9.19. The van der Waals surface area contributed by atoms with Crippen LogP contribution in [0.3, 0.4) is 0 Å². The van der Waals surface area contributed by atoms with E-state index in [0.29, 0.717) is 0 Å². The number of hydrogen-bond donors (Lipinski definition) is 0. The van der Waals surface area contributed by atoms with Crippen LogP contribution in [0.5, 0.6) is 0 Å². The second kappa shape index (κ2) is 16.2. The Balaban J connectivity index is 1.06. The predicted octanol–water partition coefficient (Wildman–Crippen LogP) is 9.62. The molecule has 68 heavy (non-hydrogen) atoms. The molecular weight excluding hydrogens is 857 g/mol. The van der Waals surface area contributed by atoms with Gasteiger partial charge in [-0.3, -0.25) is 4.90 Å². The third-order valence-electron chi connectivity index (χ3n) is 14.2. The van der Waals surface area contributed by atoms with Gasteiger partial charge in [-0.15, -0.1) is 0 Å². The Morgan fingerprint density at radius 1 is 0.265 bits per heavy atom. The molecule has 0 saturated carbocycles. The highest BCUT2D eigenvalue weighted by molar-refractivity contribution is 7.22. The van der Waals surface area contributed by atoms with Gasteiger partial charge in [-0.1, -0.05) is 224 Å². The predicted molar refractivity (Wildman–Crippen MR) is 289 cm³/mol. The van der Waals surface area contributed by atoms with E-state index in [4.69, 9.17) is 9.97 Å². The van der Waals surface area contributed by atoms with Crippen molar-refractivity contribution >= 4 is 103 Å². The van der Waals surface area contributed by atoms with Gasteiger partial charge in [0.2, 0.25) is 0 Å². The van der Waals surface area contributed by atoms with Crippen LogP contribution in [-0.4, -0.2) is 26.1 Å². The summed E-state index contributed by atoms with van der Waals surface area (Å²) in [5, 5.41) is 10.8. The molecule has 0 unspecified atom stereocenters. The molecule has 0 saturated heterocycles. The van der Waals surface area contributed by atoms with Gasteiger partial charge in [0.1, 0.15) is 5.82 Å². The molecule has 2 aromatic heterocycles. The molecule has 2 aliphatic rings. The summed E-state index contributed by atoms with van der Waals surface area (Å²) in [7, 11) is -5.64. The number of rotatable bonds is 7. The molecule has 0 N–H and O–H groups in total. The topological polar surface area (TPSA) is 32.3 Å². The molecule has 13 rings (SSSR count). The molecular formula is C62H44N4Si2. The molecule has 0 radical (unpaired) electrons. The molecule has 2 aliphatic heterocycles. The lowest BCUT2D eigenvalue weighted by Gasteiger charge is -2.45. The summed E-state index contributed by atoms with van der Waals surface area (Å²) in [4.78, 5) is 16.1. The van der Waals surface area contributed by atoms with Crippen LogP contribution in [0.1, 0.15) is 0 Å². The Bertz CT molecular complexity index is 3470. The Hall–Kier alpha value is -8.43. The first-order chi connectivity index (χ1) is 33.8.